The molecule has 0 aliphatic rings. The molecule has 1 atom stereocenters. The molecule has 27 heavy (non-hydrogen) atoms. The van der Waals surface area contributed by atoms with Gasteiger partial charge in [0, 0.05) is 29.1 Å². The maximum absolute atomic E-state index is 12.3. The minimum absolute atomic E-state index is 0.208. The SMILES string of the molecule is CCOc1cc(-c2ccc(C)cc2)nc2ccc(C(=O)NC[C@H](C)O)cc12. The first-order valence-electron chi connectivity index (χ1n) is 9.09. The Bertz CT molecular complexity index is 950. The summed E-state index contributed by atoms with van der Waals surface area (Å²) in [5.74, 6) is 0.464. The fourth-order valence-corrected chi connectivity index (χ4v) is 2.83. The van der Waals surface area contributed by atoms with Crippen LogP contribution in [0, 0.1) is 6.92 Å². The third kappa shape index (κ3) is 4.44. The lowest BCUT2D eigenvalue weighted by Gasteiger charge is -2.12. The molecule has 1 aromatic heterocycles. The minimum atomic E-state index is -0.591. The molecule has 0 spiro atoms. The van der Waals surface area contributed by atoms with E-state index < -0.39 is 6.10 Å². The van der Waals surface area contributed by atoms with Crippen molar-refractivity contribution in [3.8, 4) is 17.0 Å². The summed E-state index contributed by atoms with van der Waals surface area (Å²) in [6.07, 6.45) is -0.591. The van der Waals surface area contributed by atoms with Crippen LogP contribution < -0.4 is 10.1 Å². The van der Waals surface area contributed by atoms with Gasteiger partial charge in [-0.1, -0.05) is 29.8 Å². The van der Waals surface area contributed by atoms with Crippen LogP contribution >= 0.6 is 0 Å². The quantitative estimate of drug-likeness (QED) is 0.699. The first-order valence-corrected chi connectivity index (χ1v) is 9.09. The first kappa shape index (κ1) is 18.9. The summed E-state index contributed by atoms with van der Waals surface area (Å²) in [5, 5.41) is 12.8. The standard InChI is InChI=1S/C22H24N2O3/c1-4-27-21-12-20(16-7-5-14(2)6-8-16)24-19-10-9-17(11-18(19)21)22(26)23-13-15(3)25/h5-12,15,25H,4,13H2,1-3H3,(H,23,26)/t15-/m0/s1. The van der Waals surface area contributed by atoms with Gasteiger partial charge in [0.2, 0.25) is 0 Å². The summed E-state index contributed by atoms with van der Waals surface area (Å²) < 4.78 is 5.83. The number of aromatic nitrogens is 1. The molecule has 0 unspecified atom stereocenters. The van der Waals surface area contributed by atoms with E-state index in [0.717, 1.165) is 22.2 Å². The lowest BCUT2D eigenvalue weighted by atomic mass is 10.1. The summed E-state index contributed by atoms with van der Waals surface area (Å²) in [5.41, 5.74) is 4.31. The second-order valence-corrected chi connectivity index (χ2v) is 6.60. The number of fused-ring (bicyclic) bond motifs is 1. The number of carbonyl (C=O) groups is 1. The van der Waals surface area contributed by atoms with Crippen LogP contribution in [0.5, 0.6) is 5.75 Å². The number of rotatable bonds is 6. The molecule has 0 aliphatic heterocycles. The van der Waals surface area contributed by atoms with Crippen molar-refractivity contribution in [2.75, 3.05) is 13.2 Å². The van der Waals surface area contributed by atoms with E-state index in [-0.39, 0.29) is 12.5 Å². The third-order valence-corrected chi connectivity index (χ3v) is 4.24. The van der Waals surface area contributed by atoms with Gasteiger partial charge >= 0.3 is 0 Å². The predicted octanol–water partition coefficient (Wildman–Crippen LogP) is 3.72. The van der Waals surface area contributed by atoms with Crippen molar-refractivity contribution in [3.05, 3.63) is 59.7 Å². The smallest absolute Gasteiger partial charge is 0.251 e. The Kier molecular flexibility index (Phi) is 5.72. The number of pyridine rings is 1. The zero-order valence-corrected chi connectivity index (χ0v) is 15.8. The molecule has 0 saturated heterocycles. The Balaban J connectivity index is 2.03. The number of aliphatic hydroxyl groups excluding tert-OH is 1. The highest BCUT2D eigenvalue weighted by molar-refractivity contribution is 5.99. The minimum Gasteiger partial charge on any atom is -0.493 e. The molecule has 140 valence electrons. The zero-order valence-electron chi connectivity index (χ0n) is 15.8. The average molecular weight is 364 g/mol. The maximum Gasteiger partial charge on any atom is 0.251 e. The van der Waals surface area contributed by atoms with Crippen LogP contribution in [0.1, 0.15) is 29.8 Å². The highest BCUT2D eigenvalue weighted by Crippen LogP contribution is 2.31. The van der Waals surface area contributed by atoms with E-state index in [2.05, 4.69) is 17.4 Å². The van der Waals surface area contributed by atoms with Gasteiger partial charge in [-0.15, -0.1) is 0 Å². The number of ether oxygens (including phenoxy) is 1. The van der Waals surface area contributed by atoms with E-state index in [1.807, 2.05) is 38.1 Å². The Labute approximate surface area is 159 Å². The van der Waals surface area contributed by atoms with E-state index >= 15 is 0 Å². The van der Waals surface area contributed by atoms with Gasteiger partial charge in [0.1, 0.15) is 5.75 Å². The van der Waals surface area contributed by atoms with Crippen molar-refractivity contribution in [1.82, 2.24) is 10.3 Å². The molecular formula is C22H24N2O3. The van der Waals surface area contributed by atoms with Gasteiger partial charge in [-0.2, -0.15) is 0 Å². The van der Waals surface area contributed by atoms with Gasteiger partial charge < -0.3 is 15.2 Å². The summed E-state index contributed by atoms with van der Waals surface area (Å²) >= 11 is 0. The highest BCUT2D eigenvalue weighted by atomic mass is 16.5. The fraction of sp³-hybridized carbons (Fsp3) is 0.273. The van der Waals surface area contributed by atoms with Crippen LogP contribution in [0.3, 0.4) is 0 Å². The molecular weight excluding hydrogens is 340 g/mol. The largest absolute Gasteiger partial charge is 0.493 e. The molecule has 1 amide bonds. The Hall–Kier alpha value is -2.92. The second-order valence-electron chi connectivity index (χ2n) is 6.60. The van der Waals surface area contributed by atoms with E-state index in [1.165, 1.54) is 5.56 Å². The first-order chi connectivity index (χ1) is 13.0. The topological polar surface area (TPSA) is 71.5 Å². The number of nitrogens with one attached hydrogen (secondary N) is 1. The number of nitrogens with zero attached hydrogens (tertiary/aromatic N) is 1. The predicted molar refractivity (Wildman–Crippen MR) is 107 cm³/mol. The number of aliphatic hydroxyl groups is 1. The van der Waals surface area contributed by atoms with Gasteiger partial charge in [-0.3, -0.25) is 4.79 Å². The molecule has 0 radical (unpaired) electrons. The van der Waals surface area contributed by atoms with Gasteiger partial charge in [-0.25, -0.2) is 4.98 Å². The molecule has 5 heteroatoms. The van der Waals surface area contributed by atoms with Crippen LogP contribution in [0.15, 0.2) is 48.5 Å². The molecule has 0 aliphatic carbocycles. The van der Waals surface area contributed by atoms with E-state index in [0.29, 0.717) is 17.9 Å². The van der Waals surface area contributed by atoms with Gasteiger partial charge in [0.05, 0.1) is 23.9 Å². The highest BCUT2D eigenvalue weighted by Gasteiger charge is 2.13. The van der Waals surface area contributed by atoms with Crippen LogP contribution in [0.4, 0.5) is 0 Å². The second kappa shape index (κ2) is 8.18. The lowest BCUT2D eigenvalue weighted by Crippen LogP contribution is -2.30. The van der Waals surface area contributed by atoms with Gasteiger partial charge in [0.25, 0.3) is 5.91 Å². The van der Waals surface area contributed by atoms with E-state index in [4.69, 9.17) is 9.72 Å². The molecule has 0 bridgehead atoms. The monoisotopic (exact) mass is 364 g/mol. The van der Waals surface area contributed by atoms with Crippen LogP contribution in [-0.2, 0) is 0 Å². The van der Waals surface area contributed by atoms with Crippen LogP contribution in [-0.4, -0.2) is 35.3 Å². The molecule has 2 aromatic carbocycles. The van der Waals surface area contributed by atoms with Crippen molar-refractivity contribution in [3.63, 3.8) is 0 Å². The zero-order chi connectivity index (χ0) is 19.4. The Morgan fingerprint density at radius 2 is 1.93 bits per heavy atom. The van der Waals surface area contributed by atoms with Crippen molar-refractivity contribution in [2.24, 2.45) is 0 Å². The summed E-state index contributed by atoms with van der Waals surface area (Å²) in [4.78, 5) is 17.0. The van der Waals surface area contributed by atoms with Crippen LogP contribution in [0.2, 0.25) is 0 Å². The molecule has 3 rings (SSSR count). The van der Waals surface area contributed by atoms with Crippen molar-refractivity contribution < 1.29 is 14.6 Å². The normalized spacial score (nSPS) is 12.0. The third-order valence-electron chi connectivity index (χ3n) is 4.24. The van der Waals surface area contributed by atoms with Crippen molar-refractivity contribution in [2.45, 2.75) is 26.9 Å². The lowest BCUT2D eigenvalue weighted by molar-refractivity contribution is 0.0924. The molecule has 0 fully saturated rings. The molecule has 0 saturated carbocycles. The molecule has 5 nitrogen and oxygen atoms in total. The van der Waals surface area contributed by atoms with E-state index in [1.54, 1.807) is 19.1 Å². The summed E-state index contributed by atoms with van der Waals surface area (Å²) in [7, 11) is 0. The molecule has 2 N–H and O–H groups in total. The Morgan fingerprint density at radius 3 is 2.59 bits per heavy atom. The Morgan fingerprint density at radius 1 is 1.19 bits per heavy atom. The summed E-state index contributed by atoms with van der Waals surface area (Å²) in [6.45, 7) is 6.33. The number of benzene rings is 2. The van der Waals surface area contributed by atoms with Gasteiger partial charge in [-0.05, 0) is 39.0 Å². The maximum atomic E-state index is 12.3. The summed E-state index contributed by atoms with van der Waals surface area (Å²) in [6, 6.07) is 15.4. The number of carbonyl (C=O) groups excluding carboxylic acids is 1. The van der Waals surface area contributed by atoms with Crippen LogP contribution in [0.25, 0.3) is 22.2 Å². The van der Waals surface area contributed by atoms with E-state index in [9.17, 15) is 9.90 Å². The molecule has 1 heterocycles. The average Bonchev–Trinajstić information content (AvgIpc) is 2.66. The number of aryl methyl sites for hydroxylation is 1. The number of hydrogen-bond donors (Lipinski definition) is 2. The fourth-order valence-electron chi connectivity index (χ4n) is 2.83. The van der Waals surface area contributed by atoms with Crippen molar-refractivity contribution >= 4 is 16.8 Å². The van der Waals surface area contributed by atoms with Crippen molar-refractivity contribution in [1.29, 1.82) is 0 Å². The number of hydrogen-bond acceptors (Lipinski definition) is 4. The van der Waals surface area contributed by atoms with Gasteiger partial charge in [0.15, 0.2) is 0 Å². The number of amides is 1. The molecule has 3 aromatic rings.